The number of ether oxygens (including phenoxy) is 2. The molecular weight excluding hydrogens is 358 g/mol. The Morgan fingerprint density at radius 2 is 1.78 bits per heavy atom. The molecule has 0 fully saturated rings. The topological polar surface area (TPSA) is 47.6 Å². The highest BCUT2D eigenvalue weighted by Gasteiger charge is 2.11. The molecule has 0 saturated heterocycles. The van der Waals surface area contributed by atoms with Gasteiger partial charge in [-0.1, -0.05) is 34.1 Å². The van der Waals surface area contributed by atoms with Crippen LogP contribution >= 0.6 is 15.9 Å². The maximum Gasteiger partial charge on any atom is 0.224 e. The van der Waals surface area contributed by atoms with E-state index in [4.69, 9.17) is 9.47 Å². The van der Waals surface area contributed by atoms with Crippen LogP contribution in [0.3, 0.4) is 0 Å². The first-order valence-corrected chi connectivity index (χ1v) is 8.10. The van der Waals surface area contributed by atoms with E-state index < -0.39 is 0 Å². The quantitative estimate of drug-likeness (QED) is 0.813. The highest BCUT2D eigenvalue weighted by atomic mass is 79.9. The molecule has 1 N–H and O–H groups in total. The van der Waals surface area contributed by atoms with Crippen molar-refractivity contribution in [3.63, 3.8) is 0 Å². The van der Waals surface area contributed by atoms with Gasteiger partial charge in [-0.3, -0.25) is 4.79 Å². The van der Waals surface area contributed by atoms with Gasteiger partial charge in [-0.15, -0.1) is 0 Å². The SMILES string of the molecule is COc1cc(Br)c(CCC(=O)Nc2ccccc2C)cc1OC. The number of nitrogens with one attached hydrogen (secondary N) is 1. The molecule has 2 aromatic rings. The van der Waals surface area contributed by atoms with Gasteiger partial charge in [-0.05, 0) is 42.7 Å². The predicted octanol–water partition coefficient (Wildman–Crippen LogP) is 4.35. The van der Waals surface area contributed by atoms with Crippen molar-refractivity contribution in [1.82, 2.24) is 0 Å². The maximum absolute atomic E-state index is 12.1. The third kappa shape index (κ3) is 4.48. The van der Waals surface area contributed by atoms with Crippen molar-refractivity contribution in [2.24, 2.45) is 0 Å². The molecule has 0 aliphatic rings. The lowest BCUT2D eigenvalue weighted by molar-refractivity contribution is -0.116. The molecule has 122 valence electrons. The fraction of sp³-hybridized carbons (Fsp3) is 0.278. The number of hydrogen-bond acceptors (Lipinski definition) is 3. The molecule has 0 atom stereocenters. The average Bonchev–Trinajstić information content (AvgIpc) is 2.55. The average molecular weight is 378 g/mol. The predicted molar refractivity (Wildman–Crippen MR) is 95.4 cm³/mol. The number of carbonyl (C=O) groups is 1. The zero-order chi connectivity index (χ0) is 16.8. The molecule has 0 saturated carbocycles. The summed E-state index contributed by atoms with van der Waals surface area (Å²) in [6.07, 6.45) is 1.00. The minimum Gasteiger partial charge on any atom is -0.493 e. The molecule has 0 aromatic heterocycles. The van der Waals surface area contributed by atoms with Crippen LogP contribution in [0.5, 0.6) is 11.5 Å². The molecule has 0 aliphatic carbocycles. The number of aryl methyl sites for hydroxylation is 2. The van der Waals surface area contributed by atoms with Gasteiger partial charge in [0.25, 0.3) is 0 Å². The van der Waals surface area contributed by atoms with E-state index in [1.807, 2.05) is 43.3 Å². The zero-order valence-electron chi connectivity index (χ0n) is 13.5. The molecule has 1 amide bonds. The number of hydrogen-bond donors (Lipinski definition) is 1. The molecule has 4 nitrogen and oxygen atoms in total. The van der Waals surface area contributed by atoms with Gasteiger partial charge in [0, 0.05) is 16.6 Å². The number of halogens is 1. The monoisotopic (exact) mass is 377 g/mol. The number of anilines is 1. The van der Waals surface area contributed by atoms with Crippen molar-refractivity contribution in [2.75, 3.05) is 19.5 Å². The zero-order valence-corrected chi connectivity index (χ0v) is 15.1. The molecule has 0 heterocycles. The van der Waals surface area contributed by atoms with Crippen LogP contribution in [0.4, 0.5) is 5.69 Å². The van der Waals surface area contributed by atoms with E-state index in [1.165, 1.54) is 0 Å². The van der Waals surface area contributed by atoms with Crippen LogP contribution in [0.25, 0.3) is 0 Å². The standard InChI is InChI=1S/C18H20BrNO3/c1-12-6-4-5-7-15(12)20-18(21)9-8-13-10-16(22-2)17(23-3)11-14(13)19/h4-7,10-11H,8-9H2,1-3H3,(H,20,21). The van der Waals surface area contributed by atoms with Crippen LogP contribution in [0.15, 0.2) is 40.9 Å². The molecule has 2 aromatic carbocycles. The molecule has 0 aliphatic heterocycles. The Morgan fingerprint density at radius 1 is 1.13 bits per heavy atom. The number of benzene rings is 2. The van der Waals surface area contributed by atoms with Gasteiger partial charge in [-0.25, -0.2) is 0 Å². The van der Waals surface area contributed by atoms with Crippen molar-refractivity contribution in [1.29, 1.82) is 0 Å². The number of para-hydroxylation sites is 1. The van der Waals surface area contributed by atoms with Gasteiger partial charge in [0.1, 0.15) is 0 Å². The van der Waals surface area contributed by atoms with Crippen LogP contribution in [0, 0.1) is 6.92 Å². The minimum absolute atomic E-state index is 0.0130. The molecule has 5 heteroatoms. The van der Waals surface area contributed by atoms with Crippen LogP contribution in [-0.2, 0) is 11.2 Å². The maximum atomic E-state index is 12.1. The largest absolute Gasteiger partial charge is 0.493 e. The molecule has 23 heavy (non-hydrogen) atoms. The summed E-state index contributed by atoms with van der Waals surface area (Å²) in [6, 6.07) is 11.5. The van der Waals surface area contributed by atoms with Crippen LogP contribution in [-0.4, -0.2) is 20.1 Å². The normalized spacial score (nSPS) is 10.3. The van der Waals surface area contributed by atoms with Gasteiger partial charge < -0.3 is 14.8 Å². The summed E-state index contributed by atoms with van der Waals surface area (Å²) < 4.78 is 11.5. The summed E-state index contributed by atoms with van der Waals surface area (Å²) in [7, 11) is 3.19. The van der Waals surface area contributed by atoms with Crippen molar-refractivity contribution in [3.05, 3.63) is 52.0 Å². The molecule has 2 rings (SSSR count). The number of amides is 1. The Morgan fingerprint density at radius 3 is 2.43 bits per heavy atom. The highest BCUT2D eigenvalue weighted by molar-refractivity contribution is 9.10. The van der Waals surface area contributed by atoms with Gasteiger partial charge >= 0.3 is 0 Å². The van der Waals surface area contributed by atoms with E-state index in [9.17, 15) is 4.79 Å². The van der Waals surface area contributed by atoms with E-state index in [-0.39, 0.29) is 5.91 Å². The van der Waals surface area contributed by atoms with Crippen LogP contribution in [0.1, 0.15) is 17.5 Å². The highest BCUT2D eigenvalue weighted by Crippen LogP contribution is 2.33. The van der Waals surface area contributed by atoms with E-state index in [2.05, 4.69) is 21.2 Å². The van der Waals surface area contributed by atoms with Crippen molar-refractivity contribution >= 4 is 27.5 Å². The Hall–Kier alpha value is -2.01. The molecule has 0 spiro atoms. The Kier molecular flexibility index (Phi) is 6.04. The number of carbonyl (C=O) groups excluding carboxylic acids is 1. The van der Waals surface area contributed by atoms with Gasteiger partial charge in [0.2, 0.25) is 5.91 Å². The van der Waals surface area contributed by atoms with E-state index in [0.717, 1.165) is 21.3 Å². The Bertz CT molecular complexity index is 701. The first kappa shape index (κ1) is 17.3. The van der Waals surface area contributed by atoms with Crippen molar-refractivity contribution in [2.45, 2.75) is 19.8 Å². The van der Waals surface area contributed by atoms with Gasteiger partial charge in [-0.2, -0.15) is 0 Å². The molecule has 0 unspecified atom stereocenters. The second-order valence-corrected chi connectivity index (χ2v) is 6.02. The van der Waals surface area contributed by atoms with E-state index in [0.29, 0.717) is 24.3 Å². The summed E-state index contributed by atoms with van der Waals surface area (Å²) >= 11 is 3.51. The Balaban J connectivity index is 2.03. The smallest absolute Gasteiger partial charge is 0.224 e. The van der Waals surface area contributed by atoms with Crippen LogP contribution < -0.4 is 14.8 Å². The van der Waals surface area contributed by atoms with Crippen molar-refractivity contribution in [3.8, 4) is 11.5 Å². The van der Waals surface area contributed by atoms with E-state index in [1.54, 1.807) is 14.2 Å². The lowest BCUT2D eigenvalue weighted by Crippen LogP contribution is -2.13. The minimum atomic E-state index is -0.0130. The summed E-state index contributed by atoms with van der Waals surface area (Å²) in [5.41, 5.74) is 2.90. The molecule has 0 bridgehead atoms. The first-order valence-electron chi connectivity index (χ1n) is 7.31. The lowest BCUT2D eigenvalue weighted by atomic mass is 10.1. The number of rotatable bonds is 6. The number of methoxy groups -OCH3 is 2. The van der Waals surface area contributed by atoms with Gasteiger partial charge in [0.15, 0.2) is 11.5 Å². The van der Waals surface area contributed by atoms with Crippen LogP contribution in [0.2, 0.25) is 0 Å². The fourth-order valence-electron chi connectivity index (χ4n) is 2.26. The van der Waals surface area contributed by atoms with E-state index >= 15 is 0 Å². The summed E-state index contributed by atoms with van der Waals surface area (Å²) in [5.74, 6) is 1.30. The Labute approximate surface area is 144 Å². The second kappa shape index (κ2) is 8.02. The summed E-state index contributed by atoms with van der Waals surface area (Å²) in [4.78, 5) is 12.1. The van der Waals surface area contributed by atoms with Crippen molar-refractivity contribution < 1.29 is 14.3 Å². The third-order valence-corrected chi connectivity index (χ3v) is 4.33. The van der Waals surface area contributed by atoms with Gasteiger partial charge in [0.05, 0.1) is 14.2 Å². The lowest BCUT2D eigenvalue weighted by Gasteiger charge is -2.12. The first-order chi connectivity index (χ1) is 11.0. The summed E-state index contributed by atoms with van der Waals surface area (Å²) in [5, 5.41) is 2.94. The second-order valence-electron chi connectivity index (χ2n) is 5.16. The fourth-order valence-corrected chi connectivity index (χ4v) is 2.78. The summed E-state index contributed by atoms with van der Waals surface area (Å²) in [6.45, 7) is 1.97. The molecular formula is C18H20BrNO3. The molecule has 0 radical (unpaired) electrons. The third-order valence-electron chi connectivity index (χ3n) is 3.59.